The van der Waals surface area contributed by atoms with E-state index < -0.39 is 34.8 Å². The summed E-state index contributed by atoms with van der Waals surface area (Å²) in [5.41, 5.74) is -0.839. The van der Waals surface area contributed by atoms with Gasteiger partial charge in [0, 0.05) is 25.7 Å². The highest BCUT2D eigenvalue weighted by molar-refractivity contribution is 5.51. The maximum absolute atomic E-state index is 13.7. The molecule has 112 valence electrons. The molecule has 1 aromatic rings. The minimum atomic E-state index is -2.13. The van der Waals surface area contributed by atoms with Gasteiger partial charge in [0.05, 0.1) is 0 Å². The van der Waals surface area contributed by atoms with Gasteiger partial charge in [-0.25, -0.2) is 22.0 Å². The average molecular weight is 294 g/mol. The van der Waals surface area contributed by atoms with Gasteiger partial charge < -0.3 is 10.2 Å². The summed E-state index contributed by atoms with van der Waals surface area (Å²) in [5, 5.41) is 3.15. The van der Waals surface area contributed by atoms with E-state index in [0.717, 1.165) is 0 Å². The summed E-state index contributed by atoms with van der Waals surface area (Å²) in [5.74, 6) is -9.30. The quantitative estimate of drug-likeness (QED) is 0.512. The molecule has 0 aliphatic carbocycles. The van der Waals surface area contributed by atoms with Crippen molar-refractivity contribution < 1.29 is 22.0 Å². The number of nitrogens with one attached hydrogen (secondary N) is 1. The van der Waals surface area contributed by atoms with Crippen LogP contribution < -0.4 is 10.2 Å². The van der Waals surface area contributed by atoms with Gasteiger partial charge in [-0.2, -0.15) is 0 Å². The molecule has 0 amide bonds. The third-order valence-corrected chi connectivity index (χ3v) is 3.51. The normalized spacial score (nSPS) is 19.8. The van der Waals surface area contributed by atoms with E-state index in [4.69, 9.17) is 0 Å². The van der Waals surface area contributed by atoms with Crippen LogP contribution in [0.3, 0.4) is 0 Å². The van der Waals surface area contributed by atoms with Crippen LogP contribution in [0.2, 0.25) is 0 Å². The zero-order valence-electron chi connectivity index (χ0n) is 11.1. The fourth-order valence-corrected chi connectivity index (χ4v) is 2.30. The van der Waals surface area contributed by atoms with Crippen LogP contribution in [0.25, 0.3) is 0 Å². The number of benzene rings is 1. The standard InChI is InChI=1S/C13H15F5N2/c1-6(2)7-5-20(4-3-19-7)13-11(17)9(15)8(14)10(16)12(13)18/h6-7,19H,3-5H2,1-2H3. The first-order chi connectivity index (χ1) is 9.34. The maximum Gasteiger partial charge on any atom is 0.200 e. The van der Waals surface area contributed by atoms with E-state index in [-0.39, 0.29) is 25.0 Å². The molecule has 1 aliphatic rings. The molecule has 1 fully saturated rings. The highest BCUT2D eigenvalue weighted by Crippen LogP contribution is 2.31. The van der Waals surface area contributed by atoms with Crippen molar-refractivity contribution in [1.29, 1.82) is 0 Å². The molecule has 1 heterocycles. The Kier molecular flexibility index (Phi) is 4.17. The van der Waals surface area contributed by atoms with E-state index in [1.807, 2.05) is 13.8 Å². The minimum Gasteiger partial charge on any atom is -0.364 e. The molecule has 2 rings (SSSR count). The molecule has 1 atom stereocenters. The molecule has 7 heteroatoms. The molecule has 1 saturated heterocycles. The third kappa shape index (κ3) is 2.46. The Labute approximate surface area is 113 Å². The first kappa shape index (κ1) is 15.0. The fourth-order valence-electron chi connectivity index (χ4n) is 2.30. The van der Waals surface area contributed by atoms with Crippen molar-refractivity contribution in [1.82, 2.24) is 5.32 Å². The molecule has 1 N–H and O–H groups in total. The van der Waals surface area contributed by atoms with Crippen LogP contribution in [0.4, 0.5) is 27.6 Å². The number of piperazine rings is 1. The molecule has 1 aliphatic heterocycles. The molecule has 1 aromatic carbocycles. The monoisotopic (exact) mass is 294 g/mol. The van der Waals surface area contributed by atoms with Gasteiger partial charge >= 0.3 is 0 Å². The number of nitrogens with zero attached hydrogens (tertiary/aromatic N) is 1. The molecule has 0 radical (unpaired) electrons. The van der Waals surface area contributed by atoms with Gasteiger partial charge in [0.25, 0.3) is 0 Å². The second kappa shape index (κ2) is 5.55. The van der Waals surface area contributed by atoms with Crippen LogP contribution in [0, 0.1) is 35.0 Å². The fraction of sp³-hybridized carbons (Fsp3) is 0.538. The molecule has 0 bridgehead atoms. The summed E-state index contributed by atoms with van der Waals surface area (Å²) in [4.78, 5) is 1.21. The Morgan fingerprint density at radius 3 is 1.95 bits per heavy atom. The summed E-state index contributed by atoms with van der Waals surface area (Å²) in [6.07, 6.45) is 0. The third-order valence-electron chi connectivity index (χ3n) is 3.51. The summed E-state index contributed by atoms with van der Waals surface area (Å²) in [6, 6.07) is -0.0706. The Bertz CT molecular complexity index is 489. The van der Waals surface area contributed by atoms with Gasteiger partial charge in [0.15, 0.2) is 23.3 Å². The Morgan fingerprint density at radius 2 is 1.45 bits per heavy atom. The Balaban J connectivity index is 2.42. The lowest BCUT2D eigenvalue weighted by atomic mass is 10.0. The summed E-state index contributed by atoms with van der Waals surface area (Å²) < 4.78 is 66.9. The van der Waals surface area contributed by atoms with Crippen molar-refractivity contribution in [2.75, 3.05) is 24.5 Å². The molecule has 2 nitrogen and oxygen atoms in total. The van der Waals surface area contributed by atoms with Crippen molar-refractivity contribution >= 4 is 5.69 Å². The predicted octanol–water partition coefficient (Wildman–Crippen LogP) is 2.82. The van der Waals surface area contributed by atoms with Crippen LogP contribution in [0.15, 0.2) is 0 Å². The number of hydrogen-bond acceptors (Lipinski definition) is 2. The SMILES string of the molecule is CC(C)C1CN(c2c(F)c(F)c(F)c(F)c2F)CCN1. The lowest BCUT2D eigenvalue weighted by Crippen LogP contribution is -2.53. The van der Waals surface area contributed by atoms with Gasteiger partial charge in [-0.05, 0) is 5.92 Å². The highest BCUT2D eigenvalue weighted by atomic mass is 19.2. The van der Waals surface area contributed by atoms with Gasteiger partial charge in [0.2, 0.25) is 5.82 Å². The van der Waals surface area contributed by atoms with Crippen molar-refractivity contribution in [3.63, 3.8) is 0 Å². The van der Waals surface area contributed by atoms with Crippen LogP contribution in [0.1, 0.15) is 13.8 Å². The molecule has 0 spiro atoms. The van der Waals surface area contributed by atoms with E-state index in [0.29, 0.717) is 6.54 Å². The molecular weight excluding hydrogens is 279 g/mol. The zero-order valence-corrected chi connectivity index (χ0v) is 11.1. The van der Waals surface area contributed by atoms with Gasteiger partial charge in [-0.3, -0.25) is 0 Å². The number of halogens is 5. The Hall–Kier alpha value is -1.37. The second-order valence-corrected chi connectivity index (χ2v) is 5.17. The first-order valence-electron chi connectivity index (χ1n) is 6.34. The number of hydrogen-bond donors (Lipinski definition) is 1. The van der Waals surface area contributed by atoms with Crippen LogP contribution in [0.5, 0.6) is 0 Å². The first-order valence-corrected chi connectivity index (χ1v) is 6.34. The van der Waals surface area contributed by atoms with Gasteiger partial charge in [0.1, 0.15) is 5.69 Å². The smallest absolute Gasteiger partial charge is 0.200 e. The number of anilines is 1. The van der Waals surface area contributed by atoms with Crippen molar-refractivity contribution in [3.8, 4) is 0 Å². The molecular formula is C13H15F5N2. The molecule has 20 heavy (non-hydrogen) atoms. The van der Waals surface area contributed by atoms with Crippen LogP contribution in [-0.2, 0) is 0 Å². The van der Waals surface area contributed by atoms with Crippen molar-refractivity contribution in [2.24, 2.45) is 5.92 Å². The van der Waals surface area contributed by atoms with E-state index >= 15 is 0 Å². The maximum atomic E-state index is 13.7. The lowest BCUT2D eigenvalue weighted by Gasteiger charge is -2.37. The zero-order chi connectivity index (χ0) is 15.0. The van der Waals surface area contributed by atoms with E-state index in [1.165, 1.54) is 4.90 Å². The Morgan fingerprint density at radius 1 is 0.950 bits per heavy atom. The topological polar surface area (TPSA) is 15.3 Å². The van der Waals surface area contributed by atoms with E-state index in [1.54, 1.807) is 0 Å². The average Bonchev–Trinajstić information content (AvgIpc) is 2.43. The van der Waals surface area contributed by atoms with E-state index in [2.05, 4.69) is 5.32 Å². The van der Waals surface area contributed by atoms with Crippen molar-refractivity contribution in [3.05, 3.63) is 29.1 Å². The number of rotatable bonds is 2. The minimum absolute atomic E-state index is 0.0706. The lowest BCUT2D eigenvalue weighted by molar-refractivity contribution is 0.351. The van der Waals surface area contributed by atoms with Crippen LogP contribution in [-0.4, -0.2) is 25.7 Å². The second-order valence-electron chi connectivity index (χ2n) is 5.17. The predicted molar refractivity (Wildman–Crippen MR) is 65.1 cm³/mol. The van der Waals surface area contributed by atoms with Crippen molar-refractivity contribution in [2.45, 2.75) is 19.9 Å². The van der Waals surface area contributed by atoms with Crippen LogP contribution >= 0.6 is 0 Å². The molecule has 0 saturated carbocycles. The summed E-state index contributed by atoms with van der Waals surface area (Å²) >= 11 is 0. The molecule has 0 aromatic heterocycles. The largest absolute Gasteiger partial charge is 0.364 e. The summed E-state index contributed by atoms with van der Waals surface area (Å²) in [6.45, 7) is 4.62. The van der Waals surface area contributed by atoms with E-state index in [9.17, 15) is 22.0 Å². The molecule has 1 unspecified atom stereocenters. The van der Waals surface area contributed by atoms with Gasteiger partial charge in [-0.15, -0.1) is 0 Å². The van der Waals surface area contributed by atoms with Gasteiger partial charge in [-0.1, -0.05) is 13.8 Å². The summed E-state index contributed by atoms with van der Waals surface area (Å²) in [7, 11) is 0. The highest BCUT2D eigenvalue weighted by Gasteiger charge is 2.31.